The van der Waals surface area contributed by atoms with Gasteiger partial charge >= 0.3 is 6.18 Å². The van der Waals surface area contributed by atoms with Crippen molar-refractivity contribution in [2.24, 2.45) is 23.2 Å². The summed E-state index contributed by atoms with van der Waals surface area (Å²) in [6.45, 7) is 0. The fourth-order valence-corrected chi connectivity index (χ4v) is 6.15. The van der Waals surface area contributed by atoms with Crippen LogP contribution in [0, 0.1) is 23.2 Å². The molecule has 212 valence electrons. The lowest BCUT2D eigenvalue weighted by atomic mass is 9.81. The van der Waals surface area contributed by atoms with Crippen molar-refractivity contribution in [3.63, 3.8) is 0 Å². The Bertz CT molecular complexity index is 1260. The van der Waals surface area contributed by atoms with E-state index in [0.717, 1.165) is 32.1 Å². The van der Waals surface area contributed by atoms with E-state index in [1.807, 2.05) is 0 Å². The standard InChI is InChI=1S/C27H32F5N5O2/c28-26(29)6-3-16(4-7-26)23(36-24(39)18-12-25(18)9-10-25)19-14-37-20(34-19)11-17(13-33-37)22(15-1-2-15)35-21(38)5-8-27(30,31)32/h11,13-16,18,22-23H,1-10,12H2,(H,35,38)(H,36,39)/t18?,22?,23-/m0/s1. The molecular formula is C27H32F5N5O2. The Morgan fingerprint density at radius 3 is 2.33 bits per heavy atom. The molecule has 4 aliphatic rings. The predicted molar refractivity (Wildman–Crippen MR) is 129 cm³/mol. The molecule has 2 N–H and O–H groups in total. The number of alkyl halides is 5. The first-order valence-electron chi connectivity index (χ1n) is 13.8. The van der Waals surface area contributed by atoms with Crippen LogP contribution >= 0.6 is 0 Å². The smallest absolute Gasteiger partial charge is 0.349 e. The maximum Gasteiger partial charge on any atom is 0.389 e. The van der Waals surface area contributed by atoms with E-state index in [0.29, 0.717) is 16.9 Å². The molecule has 2 heterocycles. The van der Waals surface area contributed by atoms with Gasteiger partial charge in [0.25, 0.3) is 0 Å². The molecule has 0 bridgehead atoms. The van der Waals surface area contributed by atoms with Gasteiger partial charge in [0.15, 0.2) is 5.65 Å². The molecule has 7 nitrogen and oxygen atoms in total. The van der Waals surface area contributed by atoms with Crippen LogP contribution in [0.2, 0.25) is 0 Å². The van der Waals surface area contributed by atoms with E-state index in [4.69, 9.17) is 4.98 Å². The Kier molecular flexibility index (Phi) is 6.37. The number of amides is 2. The van der Waals surface area contributed by atoms with Crippen LogP contribution in [0.15, 0.2) is 18.5 Å². The first kappa shape index (κ1) is 26.4. The molecule has 0 aromatic carbocycles. The molecule has 3 atom stereocenters. The van der Waals surface area contributed by atoms with Crippen molar-refractivity contribution >= 4 is 17.5 Å². The normalized spacial score (nSPS) is 25.3. The second-order valence-electron chi connectivity index (χ2n) is 12.1. The Morgan fingerprint density at radius 2 is 1.72 bits per heavy atom. The molecule has 4 saturated carbocycles. The number of fused-ring (bicyclic) bond motifs is 1. The van der Waals surface area contributed by atoms with Crippen molar-refractivity contribution in [2.75, 3.05) is 0 Å². The molecule has 2 unspecified atom stereocenters. The summed E-state index contributed by atoms with van der Waals surface area (Å²) in [5.41, 5.74) is 1.81. The number of carbonyl (C=O) groups is 2. The van der Waals surface area contributed by atoms with Crippen LogP contribution < -0.4 is 10.6 Å². The topological polar surface area (TPSA) is 88.4 Å². The second kappa shape index (κ2) is 9.40. The van der Waals surface area contributed by atoms with E-state index < -0.39 is 42.9 Å². The number of hydrogen-bond donors (Lipinski definition) is 2. The average Bonchev–Trinajstić information content (AvgIpc) is 3.80. The van der Waals surface area contributed by atoms with Gasteiger partial charge in [-0.25, -0.2) is 18.3 Å². The van der Waals surface area contributed by atoms with Crippen molar-refractivity contribution in [3.8, 4) is 0 Å². The Balaban J connectivity index is 1.22. The number of nitrogens with zero attached hydrogens (tertiary/aromatic N) is 3. The van der Waals surface area contributed by atoms with Gasteiger partial charge in [0.05, 0.1) is 36.6 Å². The summed E-state index contributed by atoms with van der Waals surface area (Å²) < 4.78 is 67.1. The Morgan fingerprint density at radius 1 is 1.03 bits per heavy atom. The largest absolute Gasteiger partial charge is 0.389 e. The number of carbonyl (C=O) groups excluding carboxylic acids is 2. The quantitative estimate of drug-likeness (QED) is 0.406. The number of halogens is 5. The number of hydrogen-bond acceptors (Lipinski definition) is 4. The first-order chi connectivity index (χ1) is 18.4. The third-order valence-electron chi connectivity index (χ3n) is 9.01. The number of rotatable bonds is 9. The molecule has 6 rings (SSSR count). The molecule has 1 spiro atoms. The monoisotopic (exact) mass is 553 g/mol. The zero-order valence-electron chi connectivity index (χ0n) is 21.4. The van der Waals surface area contributed by atoms with Crippen LogP contribution in [0.5, 0.6) is 0 Å². The third-order valence-corrected chi connectivity index (χ3v) is 9.01. The van der Waals surface area contributed by atoms with Gasteiger partial charge in [-0.3, -0.25) is 9.59 Å². The van der Waals surface area contributed by atoms with E-state index in [1.54, 1.807) is 23.0 Å². The highest BCUT2D eigenvalue weighted by molar-refractivity contribution is 5.83. The highest BCUT2D eigenvalue weighted by Gasteiger charge is 2.66. The molecule has 0 saturated heterocycles. The molecule has 2 amide bonds. The number of nitrogens with one attached hydrogen (secondary N) is 2. The molecule has 4 fully saturated rings. The second-order valence-corrected chi connectivity index (χ2v) is 12.1. The minimum absolute atomic E-state index is 0.0213. The van der Waals surface area contributed by atoms with Gasteiger partial charge in [0.1, 0.15) is 0 Å². The number of imidazole rings is 1. The van der Waals surface area contributed by atoms with E-state index >= 15 is 0 Å². The van der Waals surface area contributed by atoms with Gasteiger partial charge < -0.3 is 10.6 Å². The zero-order chi connectivity index (χ0) is 27.6. The highest BCUT2D eigenvalue weighted by atomic mass is 19.4. The minimum Gasteiger partial charge on any atom is -0.349 e. The summed E-state index contributed by atoms with van der Waals surface area (Å²) in [4.78, 5) is 30.0. The van der Waals surface area contributed by atoms with Crippen molar-refractivity contribution in [3.05, 3.63) is 29.7 Å². The van der Waals surface area contributed by atoms with E-state index in [2.05, 4.69) is 15.7 Å². The lowest BCUT2D eigenvalue weighted by Gasteiger charge is -2.33. The van der Waals surface area contributed by atoms with Crippen molar-refractivity contribution < 1.29 is 31.5 Å². The fraction of sp³-hybridized carbons (Fsp3) is 0.704. The summed E-state index contributed by atoms with van der Waals surface area (Å²) in [7, 11) is 0. The first-order valence-corrected chi connectivity index (χ1v) is 13.8. The van der Waals surface area contributed by atoms with Crippen molar-refractivity contribution in [1.29, 1.82) is 0 Å². The predicted octanol–water partition coefficient (Wildman–Crippen LogP) is 5.42. The Labute approximate surface area is 222 Å². The zero-order valence-corrected chi connectivity index (χ0v) is 21.4. The van der Waals surface area contributed by atoms with E-state index in [1.165, 1.54) is 0 Å². The summed E-state index contributed by atoms with van der Waals surface area (Å²) in [6.07, 6.45) is 1.81. The van der Waals surface area contributed by atoms with Crippen LogP contribution in [0.4, 0.5) is 22.0 Å². The maximum atomic E-state index is 13.9. The summed E-state index contributed by atoms with van der Waals surface area (Å²) in [6, 6.07) is 0.762. The molecule has 2 aromatic heterocycles. The summed E-state index contributed by atoms with van der Waals surface area (Å²) >= 11 is 0. The molecular weight excluding hydrogens is 521 g/mol. The molecule has 0 radical (unpaired) electrons. The summed E-state index contributed by atoms with van der Waals surface area (Å²) in [5.74, 6) is -3.50. The summed E-state index contributed by atoms with van der Waals surface area (Å²) in [5, 5.41) is 10.3. The third kappa shape index (κ3) is 5.89. The van der Waals surface area contributed by atoms with Gasteiger partial charge in [-0.2, -0.15) is 18.3 Å². The van der Waals surface area contributed by atoms with Crippen LogP contribution in [0.3, 0.4) is 0 Å². The van der Waals surface area contributed by atoms with E-state index in [-0.39, 0.29) is 54.8 Å². The van der Waals surface area contributed by atoms with Crippen molar-refractivity contribution in [2.45, 2.75) is 94.8 Å². The molecule has 0 aliphatic heterocycles. The lowest BCUT2D eigenvalue weighted by Crippen LogP contribution is -2.38. The van der Waals surface area contributed by atoms with E-state index in [9.17, 15) is 31.5 Å². The molecule has 4 aliphatic carbocycles. The Hall–Kier alpha value is -2.79. The average molecular weight is 554 g/mol. The van der Waals surface area contributed by atoms with Crippen LogP contribution in [-0.4, -0.2) is 38.5 Å². The van der Waals surface area contributed by atoms with Gasteiger partial charge in [0, 0.05) is 25.2 Å². The SMILES string of the molecule is O=C(CCC(F)(F)F)NC(c1cnn2cc([C@@H](NC(=O)C3CC34CC4)C3CCC(F)(F)CC3)nc2c1)C1CC1. The number of aromatic nitrogens is 3. The molecule has 39 heavy (non-hydrogen) atoms. The maximum absolute atomic E-state index is 13.9. The van der Waals surface area contributed by atoms with Crippen LogP contribution in [-0.2, 0) is 9.59 Å². The molecule has 12 heteroatoms. The van der Waals surface area contributed by atoms with Gasteiger partial charge in [-0.05, 0) is 73.8 Å². The molecule has 2 aromatic rings. The van der Waals surface area contributed by atoms with Crippen LogP contribution in [0.1, 0.15) is 94.0 Å². The fourth-order valence-electron chi connectivity index (χ4n) is 6.15. The lowest BCUT2D eigenvalue weighted by molar-refractivity contribution is -0.144. The van der Waals surface area contributed by atoms with Gasteiger partial charge in [0.2, 0.25) is 17.7 Å². The van der Waals surface area contributed by atoms with Gasteiger partial charge in [-0.1, -0.05) is 0 Å². The minimum atomic E-state index is -4.40. The van der Waals surface area contributed by atoms with Crippen molar-refractivity contribution in [1.82, 2.24) is 25.2 Å². The van der Waals surface area contributed by atoms with Crippen LogP contribution in [0.25, 0.3) is 5.65 Å². The highest BCUT2D eigenvalue weighted by Crippen LogP contribution is 2.70. The van der Waals surface area contributed by atoms with Gasteiger partial charge in [-0.15, -0.1) is 0 Å².